The lowest BCUT2D eigenvalue weighted by molar-refractivity contribution is 0.103. The molecule has 0 aromatic carbocycles. The average Bonchev–Trinajstić information content (AvgIpc) is 2.81. The molecule has 0 aliphatic heterocycles. The Hall–Kier alpha value is -1.20. The number of halogens is 1. The van der Waals surface area contributed by atoms with E-state index < -0.39 is 0 Å². The van der Waals surface area contributed by atoms with Gasteiger partial charge in [0.05, 0.1) is 26.8 Å². The van der Waals surface area contributed by atoms with Crippen molar-refractivity contribution in [3.05, 3.63) is 32.5 Å². The Morgan fingerprint density at radius 1 is 1.44 bits per heavy atom. The average molecular weight is 284 g/mol. The number of hydrogen-bond donors (Lipinski definition) is 0. The zero-order chi connectivity index (χ0) is 13.4. The van der Waals surface area contributed by atoms with Gasteiger partial charge >= 0.3 is 0 Å². The minimum Gasteiger partial charge on any atom is -0.286 e. The predicted molar refractivity (Wildman–Crippen MR) is 72.6 cm³/mol. The maximum atomic E-state index is 12.5. The van der Waals surface area contributed by atoms with E-state index in [4.69, 9.17) is 11.6 Å². The molecule has 0 fully saturated rings. The van der Waals surface area contributed by atoms with Gasteiger partial charge in [-0.25, -0.2) is 4.98 Å². The van der Waals surface area contributed by atoms with Crippen molar-refractivity contribution in [3.8, 4) is 0 Å². The van der Waals surface area contributed by atoms with E-state index in [9.17, 15) is 4.79 Å². The SMILES string of the molecule is Cc1nc(C)c(C(=O)c2c(Cl)cnn2C(C)C)s1. The van der Waals surface area contributed by atoms with Crippen LogP contribution in [0.15, 0.2) is 6.20 Å². The van der Waals surface area contributed by atoms with E-state index in [0.717, 1.165) is 10.7 Å². The topological polar surface area (TPSA) is 47.8 Å². The number of ketones is 1. The first kappa shape index (κ1) is 13.2. The maximum absolute atomic E-state index is 12.5. The Kier molecular flexibility index (Phi) is 3.54. The summed E-state index contributed by atoms with van der Waals surface area (Å²) >= 11 is 7.46. The van der Waals surface area contributed by atoms with Crippen molar-refractivity contribution in [2.24, 2.45) is 0 Å². The minimum absolute atomic E-state index is 0.0887. The molecule has 2 aromatic rings. The molecule has 0 bridgehead atoms. The molecule has 6 heteroatoms. The van der Waals surface area contributed by atoms with Crippen LogP contribution in [0.2, 0.25) is 5.02 Å². The fourth-order valence-corrected chi connectivity index (χ4v) is 2.87. The number of aromatic nitrogens is 3. The zero-order valence-corrected chi connectivity index (χ0v) is 12.3. The number of carbonyl (C=O) groups is 1. The van der Waals surface area contributed by atoms with E-state index in [2.05, 4.69) is 10.1 Å². The molecule has 0 aliphatic carbocycles. The normalized spacial score (nSPS) is 11.2. The molecule has 0 saturated carbocycles. The van der Waals surface area contributed by atoms with Crippen LogP contribution in [0.25, 0.3) is 0 Å². The molecule has 0 N–H and O–H groups in total. The zero-order valence-electron chi connectivity index (χ0n) is 10.7. The fraction of sp³-hybridized carbons (Fsp3) is 0.417. The van der Waals surface area contributed by atoms with Crippen molar-refractivity contribution in [1.82, 2.24) is 14.8 Å². The second kappa shape index (κ2) is 4.82. The van der Waals surface area contributed by atoms with E-state index in [1.165, 1.54) is 17.5 Å². The molecule has 0 amide bonds. The van der Waals surface area contributed by atoms with Gasteiger partial charge in [-0.2, -0.15) is 5.10 Å². The van der Waals surface area contributed by atoms with Crippen LogP contribution >= 0.6 is 22.9 Å². The van der Waals surface area contributed by atoms with Crippen LogP contribution in [0.4, 0.5) is 0 Å². The highest BCUT2D eigenvalue weighted by atomic mass is 35.5. The van der Waals surface area contributed by atoms with Gasteiger partial charge in [0, 0.05) is 6.04 Å². The lowest BCUT2D eigenvalue weighted by Crippen LogP contribution is -2.13. The first-order valence-electron chi connectivity index (χ1n) is 5.63. The summed E-state index contributed by atoms with van der Waals surface area (Å²) in [6.45, 7) is 7.65. The molecule has 18 heavy (non-hydrogen) atoms. The Balaban J connectivity index is 2.52. The van der Waals surface area contributed by atoms with Gasteiger partial charge in [-0.3, -0.25) is 9.48 Å². The Morgan fingerprint density at radius 2 is 2.11 bits per heavy atom. The van der Waals surface area contributed by atoms with E-state index in [1.807, 2.05) is 27.7 Å². The summed E-state index contributed by atoms with van der Waals surface area (Å²) in [6.07, 6.45) is 1.51. The molecule has 2 aromatic heterocycles. The van der Waals surface area contributed by atoms with Crippen molar-refractivity contribution in [2.45, 2.75) is 33.7 Å². The van der Waals surface area contributed by atoms with Crippen LogP contribution in [-0.2, 0) is 0 Å². The van der Waals surface area contributed by atoms with Crippen molar-refractivity contribution < 1.29 is 4.79 Å². The van der Waals surface area contributed by atoms with Crippen LogP contribution in [0.3, 0.4) is 0 Å². The summed E-state index contributed by atoms with van der Waals surface area (Å²) in [4.78, 5) is 17.4. The first-order chi connectivity index (χ1) is 8.41. The number of hydrogen-bond acceptors (Lipinski definition) is 4. The number of aryl methyl sites for hydroxylation is 2. The van der Waals surface area contributed by atoms with Crippen molar-refractivity contribution in [3.63, 3.8) is 0 Å². The van der Waals surface area contributed by atoms with Crippen LogP contribution < -0.4 is 0 Å². The standard InChI is InChI=1S/C12H14ClN3OS/c1-6(2)16-10(9(13)5-14-16)11(17)12-7(3)15-8(4)18-12/h5-6H,1-4H3. The first-order valence-corrected chi connectivity index (χ1v) is 6.83. The van der Waals surface area contributed by atoms with Crippen LogP contribution in [0, 0.1) is 13.8 Å². The molecule has 0 saturated heterocycles. The van der Waals surface area contributed by atoms with Gasteiger partial charge in [0.25, 0.3) is 0 Å². The van der Waals surface area contributed by atoms with Crippen LogP contribution in [0.1, 0.15) is 46.0 Å². The predicted octanol–water partition coefficient (Wildman–Crippen LogP) is 3.42. The van der Waals surface area contributed by atoms with E-state index in [-0.39, 0.29) is 11.8 Å². The van der Waals surface area contributed by atoms with Crippen LogP contribution in [0.5, 0.6) is 0 Å². The van der Waals surface area contributed by atoms with Crippen molar-refractivity contribution >= 4 is 28.7 Å². The van der Waals surface area contributed by atoms with Crippen molar-refractivity contribution in [1.29, 1.82) is 0 Å². The molecule has 0 spiro atoms. The van der Waals surface area contributed by atoms with Gasteiger partial charge in [-0.15, -0.1) is 11.3 Å². The third-order valence-corrected chi connectivity index (χ3v) is 3.91. The highest BCUT2D eigenvalue weighted by Crippen LogP contribution is 2.26. The second-order valence-corrected chi connectivity index (χ2v) is 5.97. The summed E-state index contributed by atoms with van der Waals surface area (Å²) in [7, 11) is 0. The summed E-state index contributed by atoms with van der Waals surface area (Å²) < 4.78 is 1.65. The Bertz CT molecular complexity index is 600. The maximum Gasteiger partial charge on any atom is 0.224 e. The summed E-state index contributed by atoms with van der Waals surface area (Å²) in [5.41, 5.74) is 1.19. The second-order valence-electron chi connectivity index (χ2n) is 4.36. The van der Waals surface area contributed by atoms with Crippen LogP contribution in [-0.4, -0.2) is 20.5 Å². The number of carbonyl (C=O) groups excluding carboxylic acids is 1. The number of thiazole rings is 1. The Labute approximate surface area is 115 Å². The summed E-state index contributed by atoms with van der Waals surface area (Å²) in [5.74, 6) is -0.102. The molecular formula is C12H14ClN3OS. The molecule has 4 nitrogen and oxygen atoms in total. The molecule has 96 valence electrons. The molecule has 0 unspecified atom stereocenters. The quantitative estimate of drug-likeness (QED) is 0.811. The number of rotatable bonds is 3. The van der Waals surface area contributed by atoms with E-state index in [0.29, 0.717) is 15.6 Å². The lowest BCUT2D eigenvalue weighted by atomic mass is 10.2. The highest BCUT2D eigenvalue weighted by molar-refractivity contribution is 7.14. The molecule has 0 radical (unpaired) electrons. The third-order valence-electron chi connectivity index (χ3n) is 2.56. The highest BCUT2D eigenvalue weighted by Gasteiger charge is 2.24. The van der Waals surface area contributed by atoms with Gasteiger partial charge in [0.1, 0.15) is 5.69 Å². The molecular weight excluding hydrogens is 270 g/mol. The molecule has 0 atom stereocenters. The van der Waals surface area contributed by atoms with Gasteiger partial charge < -0.3 is 0 Å². The van der Waals surface area contributed by atoms with Gasteiger partial charge in [-0.1, -0.05) is 11.6 Å². The van der Waals surface area contributed by atoms with E-state index in [1.54, 1.807) is 4.68 Å². The molecule has 0 aliphatic rings. The molecule has 2 heterocycles. The largest absolute Gasteiger partial charge is 0.286 e. The van der Waals surface area contributed by atoms with E-state index >= 15 is 0 Å². The lowest BCUT2D eigenvalue weighted by Gasteiger charge is -2.09. The fourth-order valence-electron chi connectivity index (χ4n) is 1.79. The summed E-state index contributed by atoms with van der Waals surface area (Å²) in [5, 5.41) is 5.41. The monoisotopic (exact) mass is 283 g/mol. The summed E-state index contributed by atoms with van der Waals surface area (Å²) in [6, 6.07) is 0.0887. The third kappa shape index (κ3) is 2.20. The Morgan fingerprint density at radius 3 is 2.61 bits per heavy atom. The smallest absolute Gasteiger partial charge is 0.224 e. The van der Waals surface area contributed by atoms with Crippen molar-refractivity contribution in [2.75, 3.05) is 0 Å². The minimum atomic E-state index is -0.102. The van der Waals surface area contributed by atoms with Gasteiger partial charge in [0.15, 0.2) is 0 Å². The van der Waals surface area contributed by atoms with Gasteiger partial charge in [-0.05, 0) is 27.7 Å². The molecule has 2 rings (SSSR count). The number of nitrogens with zero attached hydrogens (tertiary/aromatic N) is 3. The van der Waals surface area contributed by atoms with Gasteiger partial charge in [0.2, 0.25) is 5.78 Å².